The summed E-state index contributed by atoms with van der Waals surface area (Å²) in [5.74, 6) is 2.40. The van der Waals surface area contributed by atoms with E-state index in [0.29, 0.717) is 23.4 Å². The number of hydrogen-bond acceptors (Lipinski definition) is 4. The molecule has 2 heterocycles. The van der Waals surface area contributed by atoms with Gasteiger partial charge < -0.3 is 4.42 Å². The van der Waals surface area contributed by atoms with Gasteiger partial charge in [0.25, 0.3) is 0 Å². The van der Waals surface area contributed by atoms with Crippen molar-refractivity contribution in [3.8, 4) is 45.3 Å². The van der Waals surface area contributed by atoms with E-state index in [2.05, 4.69) is 128 Å². The Labute approximate surface area is 289 Å². The average molecular weight is 642 g/mol. The van der Waals surface area contributed by atoms with Gasteiger partial charge >= 0.3 is 0 Å². The molecule has 0 bridgehead atoms. The van der Waals surface area contributed by atoms with E-state index in [1.54, 1.807) is 0 Å². The summed E-state index contributed by atoms with van der Waals surface area (Å²) in [5, 5.41) is 6.87. The van der Waals surface area contributed by atoms with Crippen LogP contribution in [0.2, 0.25) is 0 Å². The van der Waals surface area contributed by atoms with Crippen molar-refractivity contribution in [1.82, 2.24) is 15.0 Å². The molecule has 50 heavy (non-hydrogen) atoms. The van der Waals surface area contributed by atoms with Crippen LogP contribution in [0.1, 0.15) is 18.1 Å². The summed E-state index contributed by atoms with van der Waals surface area (Å²) in [6.07, 6.45) is 5.57. The Hall–Kier alpha value is -6.39. The molecule has 0 amide bonds. The fourth-order valence-electron chi connectivity index (χ4n) is 7.57. The first kappa shape index (κ1) is 28.6. The molecule has 1 aliphatic carbocycles. The zero-order valence-corrected chi connectivity index (χ0v) is 27.5. The van der Waals surface area contributed by atoms with Gasteiger partial charge in [-0.05, 0) is 86.5 Å². The predicted octanol–water partition coefficient (Wildman–Crippen LogP) is 12.0. The Morgan fingerprint density at radius 1 is 0.520 bits per heavy atom. The number of furan rings is 1. The van der Waals surface area contributed by atoms with Crippen molar-refractivity contribution in [2.24, 2.45) is 5.92 Å². The molecule has 0 N–H and O–H groups in total. The Morgan fingerprint density at radius 3 is 2.12 bits per heavy atom. The molecule has 0 spiro atoms. The van der Waals surface area contributed by atoms with Crippen molar-refractivity contribution in [3.63, 3.8) is 0 Å². The van der Waals surface area contributed by atoms with E-state index in [4.69, 9.17) is 19.4 Å². The highest BCUT2D eigenvalue weighted by Gasteiger charge is 2.21. The zero-order valence-electron chi connectivity index (χ0n) is 27.5. The van der Waals surface area contributed by atoms with Gasteiger partial charge in [-0.2, -0.15) is 0 Å². The maximum Gasteiger partial charge on any atom is 0.164 e. The molecule has 0 fully saturated rings. The molecule has 0 aliphatic heterocycles. The van der Waals surface area contributed by atoms with Gasteiger partial charge in [0.15, 0.2) is 17.5 Å². The Bertz CT molecular complexity index is 2810. The predicted molar refractivity (Wildman–Crippen MR) is 206 cm³/mol. The van der Waals surface area contributed by atoms with Crippen molar-refractivity contribution in [2.45, 2.75) is 13.3 Å². The Morgan fingerprint density at radius 2 is 1.24 bits per heavy atom. The SMILES string of the molecule is CC1C=Cc2cc(-c3nc(-c4ccccc4)nc(-c4cccc5oc6ccc(-c7ccc8ccccc8c7)cc6c45)n3)c3ccccc3c2C1. The van der Waals surface area contributed by atoms with E-state index < -0.39 is 0 Å². The first-order valence-electron chi connectivity index (χ1n) is 17.2. The number of benzene rings is 7. The molecule has 7 aromatic carbocycles. The topological polar surface area (TPSA) is 51.8 Å². The van der Waals surface area contributed by atoms with Crippen molar-refractivity contribution >= 4 is 49.6 Å². The number of hydrogen-bond donors (Lipinski definition) is 0. The summed E-state index contributed by atoms with van der Waals surface area (Å²) < 4.78 is 6.46. The van der Waals surface area contributed by atoms with Gasteiger partial charge in [-0.25, -0.2) is 15.0 Å². The second kappa shape index (κ2) is 11.4. The maximum atomic E-state index is 6.46. The molecule has 4 heteroatoms. The maximum absolute atomic E-state index is 6.46. The highest BCUT2D eigenvalue weighted by Crippen LogP contribution is 2.40. The van der Waals surface area contributed by atoms with E-state index in [1.807, 2.05) is 30.3 Å². The fourth-order valence-corrected chi connectivity index (χ4v) is 7.57. The summed E-state index contributed by atoms with van der Waals surface area (Å²) in [5.41, 5.74) is 9.38. The van der Waals surface area contributed by atoms with Crippen LogP contribution in [0.3, 0.4) is 0 Å². The second-order valence-corrected chi connectivity index (χ2v) is 13.3. The minimum Gasteiger partial charge on any atom is -0.456 e. The van der Waals surface area contributed by atoms with E-state index >= 15 is 0 Å². The van der Waals surface area contributed by atoms with Gasteiger partial charge in [-0.15, -0.1) is 0 Å². The van der Waals surface area contributed by atoms with Crippen molar-refractivity contribution in [3.05, 3.63) is 157 Å². The minimum atomic E-state index is 0.497. The van der Waals surface area contributed by atoms with Gasteiger partial charge in [-0.1, -0.05) is 128 Å². The molecule has 4 nitrogen and oxygen atoms in total. The van der Waals surface area contributed by atoms with Crippen LogP contribution in [-0.4, -0.2) is 15.0 Å². The van der Waals surface area contributed by atoms with Crippen molar-refractivity contribution in [1.29, 1.82) is 0 Å². The third-order valence-electron chi connectivity index (χ3n) is 10.0. The molecular weight excluding hydrogens is 611 g/mol. The van der Waals surface area contributed by atoms with Crippen LogP contribution in [0.15, 0.2) is 150 Å². The van der Waals surface area contributed by atoms with Crippen LogP contribution >= 0.6 is 0 Å². The lowest BCUT2D eigenvalue weighted by Gasteiger charge is -2.20. The molecular formula is C46H31N3O. The second-order valence-electron chi connectivity index (χ2n) is 13.3. The molecule has 0 saturated carbocycles. The molecule has 10 rings (SSSR count). The number of allylic oxidation sites excluding steroid dienone is 1. The van der Waals surface area contributed by atoms with Crippen molar-refractivity contribution in [2.75, 3.05) is 0 Å². The van der Waals surface area contributed by atoms with Crippen LogP contribution in [-0.2, 0) is 6.42 Å². The van der Waals surface area contributed by atoms with Crippen LogP contribution in [0.5, 0.6) is 0 Å². The summed E-state index contributed by atoms with van der Waals surface area (Å²) >= 11 is 0. The number of aromatic nitrogens is 3. The highest BCUT2D eigenvalue weighted by atomic mass is 16.3. The van der Waals surface area contributed by atoms with Crippen LogP contribution < -0.4 is 0 Å². The van der Waals surface area contributed by atoms with Gasteiger partial charge in [0, 0.05) is 27.5 Å². The molecule has 236 valence electrons. The Balaban J connectivity index is 1.21. The van der Waals surface area contributed by atoms with Gasteiger partial charge in [0.2, 0.25) is 0 Å². The summed E-state index contributed by atoms with van der Waals surface area (Å²) in [7, 11) is 0. The lowest BCUT2D eigenvalue weighted by molar-refractivity contribution is 0.669. The number of fused-ring (bicyclic) bond motifs is 7. The summed E-state index contributed by atoms with van der Waals surface area (Å²) in [4.78, 5) is 15.6. The van der Waals surface area contributed by atoms with Gasteiger partial charge in [0.1, 0.15) is 11.2 Å². The van der Waals surface area contributed by atoms with Gasteiger partial charge in [0.05, 0.1) is 0 Å². The molecule has 1 atom stereocenters. The number of nitrogens with zero attached hydrogens (tertiary/aromatic N) is 3. The van der Waals surface area contributed by atoms with Crippen LogP contribution in [0.4, 0.5) is 0 Å². The quantitative estimate of drug-likeness (QED) is 0.192. The average Bonchev–Trinajstić information content (AvgIpc) is 3.56. The first-order chi connectivity index (χ1) is 24.7. The molecule has 1 aliphatic rings. The molecule has 2 aromatic heterocycles. The van der Waals surface area contributed by atoms with Gasteiger partial charge in [-0.3, -0.25) is 0 Å². The fraction of sp³-hybridized carbons (Fsp3) is 0.0652. The lowest BCUT2D eigenvalue weighted by atomic mass is 9.85. The van der Waals surface area contributed by atoms with E-state index in [1.165, 1.54) is 27.3 Å². The largest absolute Gasteiger partial charge is 0.456 e. The molecule has 1 unspecified atom stereocenters. The Kier molecular flexibility index (Phi) is 6.50. The lowest BCUT2D eigenvalue weighted by Crippen LogP contribution is -2.06. The summed E-state index contributed by atoms with van der Waals surface area (Å²) in [6, 6.07) is 48.8. The third kappa shape index (κ3) is 4.72. The van der Waals surface area contributed by atoms with E-state index in [0.717, 1.165) is 61.6 Å². The first-order valence-corrected chi connectivity index (χ1v) is 17.2. The normalized spacial score (nSPS) is 14.1. The summed E-state index contributed by atoms with van der Waals surface area (Å²) in [6.45, 7) is 2.28. The highest BCUT2D eigenvalue weighted by molar-refractivity contribution is 6.13. The standard InChI is InChI=1S/C46H31N3O/c1-28-18-19-34-27-39(36-15-8-7-14-35(36)38(34)24-28)46-48-44(30-11-3-2-4-12-30)47-45(49-46)37-16-9-17-42-43(37)40-26-33(22-23-41(40)50-42)32-21-20-29-10-5-6-13-31(29)25-32/h2-23,25-28H,24H2,1H3. The molecule has 9 aromatic rings. The molecule has 0 radical (unpaired) electrons. The molecule has 0 saturated heterocycles. The van der Waals surface area contributed by atoms with Crippen molar-refractivity contribution < 1.29 is 4.42 Å². The minimum absolute atomic E-state index is 0.497. The smallest absolute Gasteiger partial charge is 0.164 e. The zero-order chi connectivity index (χ0) is 33.2. The van der Waals surface area contributed by atoms with Crippen LogP contribution in [0.25, 0.3) is 94.8 Å². The van der Waals surface area contributed by atoms with Crippen LogP contribution in [0, 0.1) is 5.92 Å². The number of rotatable bonds is 4. The monoisotopic (exact) mass is 641 g/mol. The third-order valence-corrected chi connectivity index (χ3v) is 10.0. The van der Waals surface area contributed by atoms with E-state index in [-0.39, 0.29) is 0 Å². The van der Waals surface area contributed by atoms with E-state index in [9.17, 15) is 0 Å².